The third-order valence-electron chi connectivity index (χ3n) is 5.73. The number of aromatic nitrogens is 1. The minimum atomic E-state index is 0.106. The fraction of sp³-hybridized carbons (Fsp3) is 0.684. The minimum Gasteiger partial charge on any atom is -0.342 e. The highest BCUT2D eigenvalue weighted by Crippen LogP contribution is 2.40. The van der Waals surface area contributed by atoms with Gasteiger partial charge in [0.2, 0.25) is 5.91 Å². The van der Waals surface area contributed by atoms with Gasteiger partial charge in [0.25, 0.3) is 5.56 Å². The number of carbonyl (C=O) groups is 1. The first-order chi connectivity index (χ1) is 12.2. The normalized spacial score (nSPS) is 28.0. The molecule has 0 aromatic carbocycles. The van der Waals surface area contributed by atoms with E-state index >= 15 is 0 Å². The van der Waals surface area contributed by atoms with Crippen LogP contribution in [0.1, 0.15) is 50.1 Å². The Bertz CT molecular complexity index is 684. The van der Waals surface area contributed by atoms with Crippen molar-refractivity contribution in [2.45, 2.75) is 56.2 Å². The van der Waals surface area contributed by atoms with Crippen LogP contribution in [0.15, 0.2) is 23.0 Å². The van der Waals surface area contributed by atoms with Crippen molar-refractivity contribution in [1.82, 2.24) is 9.47 Å². The number of unbranched alkanes of at least 4 members (excludes halogenated alkanes) is 1. The van der Waals surface area contributed by atoms with Crippen molar-refractivity contribution in [3.05, 3.63) is 34.2 Å². The maximum absolute atomic E-state index is 12.7. The zero-order chi connectivity index (χ0) is 17.2. The average Bonchev–Trinajstić information content (AvgIpc) is 3.13. The average molecular weight is 379 g/mol. The lowest BCUT2D eigenvalue weighted by atomic mass is 9.83. The molecule has 2 saturated heterocycles. The van der Waals surface area contributed by atoms with Crippen LogP contribution in [-0.2, 0) is 11.3 Å². The van der Waals surface area contributed by atoms with Gasteiger partial charge >= 0.3 is 0 Å². The fourth-order valence-corrected chi connectivity index (χ4v) is 7.50. The van der Waals surface area contributed by atoms with E-state index in [0.29, 0.717) is 24.2 Å². The Labute approximate surface area is 157 Å². The zero-order valence-corrected chi connectivity index (χ0v) is 16.2. The van der Waals surface area contributed by atoms with E-state index in [1.54, 1.807) is 6.07 Å². The molecule has 136 valence electrons. The summed E-state index contributed by atoms with van der Waals surface area (Å²) in [5, 5.41) is 0.809. The molecule has 2 fully saturated rings. The fourth-order valence-electron chi connectivity index (χ4n) is 4.47. The molecular weight excluding hydrogens is 352 g/mol. The van der Waals surface area contributed by atoms with Gasteiger partial charge in [-0.1, -0.05) is 34.1 Å². The number of amides is 1. The van der Waals surface area contributed by atoms with Crippen LogP contribution in [0, 0.1) is 5.92 Å². The summed E-state index contributed by atoms with van der Waals surface area (Å²) in [4.78, 5) is 26.8. The molecule has 0 radical (unpaired) electrons. The van der Waals surface area contributed by atoms with Crippen LogP contribution in [0.2, 0.25) is 0 Å². The monoisotopic (exact) mass is 378 g/mol. The summed E-state index contributed by atoms with van der Waals surface area (Å²) in [5.74, 6) is 2.37. The number of hydrogen-bond donors (Lipinski definition) is 0. The Hall–Kier alpha value is -0.880. The minimum absolute atomic E-state index is 0.106. The van der Waals surface area contributed by atoms with Gasteiger partial charge in [0.1, 0.15) is 0 Å². The topological polar surface area (TPSA) is 42.3 Å². The zero-order valence-electron chi connectivity index (χ0n) is 14.6. The maximum Gasteiger partial charge on any atom is 0.250 e. The molecule has 2 bridgehead atoms. The van der Waals surface area contributed by atoms with E-state index in [9.17, 15) is 9.59 Å². The summed E-state index contributed by atoms with van der Waals surface area (Å²) >= 11 is 0. The molecule has 1 aromatic rings. The summed E-state index contributed by atoms with van der Waals surface area (Å²) in [6.07, 6.45) is 6.57. The number of pyridine rings is 1. The van der Waals surface area contributed by atoms with Gasteiger partial charge in [0, 0.05) is 54.7 Å². The van der Waals surface area contributed by atoms with Gasteiger partial charge in [0.05, 0.1) is 0 Å². The number of rotatable bonds is 5. The van der Waals surface area contributed by atoms with E-state index in [0.717, 1.165) is 43.4 Å². The molecule has 25 heavy (non-hydrogen) atoms. The molecule has 0 saturated carbocycles. The van der Waals surface area contributed by atoms with Crippen molar-refractivity contribution in [3.8, 4) is 0 Å². The lowest BCUT2D eigenvalue weighted by Crippen LogP contribution is -2.49. The van der Waals surface area contributed by atoms with Gasteiger partial charge < -0.3 is 9.47 Å². The standard InChI is InChI=1S/C19H26N2O2S2/c22-18(6-2-1-4-16-8-9-24-25-16)20-11-14-10-15(13-20)17-5-3-7-19(23)21(17)12-14/h3,5,7,14-16H,1-2,4,6,8-13H2/t14-,15+,16+/m1/s1. The third kappa shape index (κ3) is 3.95. The molecule has 4 rings (SSSR count). The first-order valence-corrected chi connectivity index (χ1v) is 11.8. The Morgan fingerprint density at radius 1 is 1.20 bits per heavy atom. The van der Waals surface area contributed by atoms with Crippen LogP contribution in [0.5, 0.6) is 0 Å². The van der Waals surface area contributed by atoms with E-state index < -0.39 is 0 Å². The first-order valence-electron chi connectivity index (χ1n) is 9.46. The second-order valence-corrected chi connectivity index (χ2v) is 10.4. The summed E-state index contributed by atoms with van der Waals surface area (Å²) in [5.41, 5.74) is 1.23. The van der Waals surface area contributed by atoms with Gasteiger partial charge in [-0.15, -0.1) is 0 Å². The number of hydrogen-bond acceptors (Lipinski definition) is 4. The third-order valence-corrected chi connectivity index (χ3v) is 8.73. The van der Waals surface area contributed by atoms with Crippen LogP contribution >= 0.6 is 21.6 Å². The summed E-state index contributed by atoms with van der Waals surface area (Å²) < 4.78 is 1.93. The van der Waals surface area contributed by atoms with Crippen molar-refractivity contribution >= 4 is 27.5 Å². The molecule has 0 spiro atoms. The van der Waals surface area contributed by atoms with Gasteiger partial charge in [-0.05, 0) is 37.7 Å². The number of likely N-dealkylation sites (tertiary alicyclic amines) is 1. The highest BCUT2D eigenvalue weighted by atomic mass is 33.1. The summed E-state index contributed by atoms with van der Waals surface area (Å²) in [7, 11) is 4.02. The first kappa shape index (κ1) is 17.5. The van der Waals surface area contributed by atoms with Crippen molar-refractivity contribution in [3.63, 3.8) is 0 Å². The molecule has 6 heteroatoms. The Kier molecular flexibility index (Phi) is 5.46. The number of piperidine rings is 1. The van der Waals surface area contributed by atoms with Crippen molar-refractivity contribution in [2.24, 2.45) is 5.92 Å². The molecule has 4 nitrogen and oxygen atoms in total. The number of fused-ring (bicyclic) bond motifs is 4. The second kappa shape index (κ2) is 7.78. The number of nitrogens with zero attached hydrogens (tertiary/aromatic N) is 2. The lowest BCUT2D eigenvalue weighted by Gasteiger charge is -2.42. The quantitative estimate of drug-likeness (QED) is 0.581. The van der Waals surface area contributed by atoms with Crippen molar-refractivity contribution in [1.29, 1.82) is 0 Å². The van der Waals surface area contributed by atoms with Crippen LogP contribution in [0.4, 0.5) is 0 Å². The number of carbonyl (C=O) groups excluding carboxylic acids is 1. The molecule has 1 amide bonds. The largest absolute Gasteiger partial charge is 0.342 e. The summed E-state index contributed by atoms with van der Waals surface area (Å²) in [6.45, 7) is 2.38. The SMILES string of the molecule is O=C(CCCC[C@H]1CCSS1)N1C[C@H]2C[C@@H](C1)c1cccc(=O)n1C2. The Balaban J connectivity index is 1.30. The predicted octanol–water partition coefficient (Wildman–Crippen LogP) is 3.51. The molecule has 3 aliphatic heterocycles. The lowest BCUT2D eigenvalue weighted by molar-refractivity contribution is -0.134. The van der Waals surface area contributed by atoms with E-state index in [-0.39, 0.29) is 5.56 Å². The molecule has 0 unspecified atom stereocenters. The van der Waals surface area contributed by atoms with Gasteiger partial charge in [-0.3, -0.25) is 9.59 Å². The van der Waals surface area contributed by atoms with E-state index in [2.05, 4.69) is 11.0 Å². The van der Waals surface area contributed by atoms with Crippen molar-refractivity contribution < 1.29 is 4.79 Å². The van der Waals surface area contributed by atoms with Crippen molar-refractivity contribution in [2.75, 3.05) is 18.8 Å². The smallest absolute Gasteiger partial charge is 0.250 e. The molecule has 4 heterocycles. The van der Waals surface area contributed by atoms with Gasteiger partial charge in [-0.2, -0.15) is 0 Å². The second-order valence-electron chi connectivity index (χ2n) is 7.57. The van der Waals surface area contributed by atoms with E-state index in [1.165, 1.54) is 25.0 Å². The molecule has 3 aliphatic rings. The van der Waals surface area contributed by atoms with E-state index in [4.69, 9.17) is 0 Å². The van der Waals surface area contributed by atoms with Gasteiger partial charge in [0.15, 0.2) is 0 Å². The molecule has 0 N–H and O–H groups in total. The van der Waals surface area contributed by atoms with Crippen LogP contribution in [-0.4, -0.2) is 39.5 Å². The van der Waals surface area contributed by atoms with Crippen LogP contribution in [0.25, 0.3) is 0 Å². The van der Waals surface area contributed by atoms with E-state index in [1.807, 2.05) is 32.2 Å². The van der Waals surface area contributed by atoms with Gasteiger partial charge in [-0.25, -0.2) is 0 Å². The highest BCUT2D eigenvalue weighted by molar-refractivity contribution is 8.77. The predicted molar refractivity (Wildman–Crippen MR) is 105 cm³/mol. The summed E-state index contributed by atoms with van der Waals surface area (Å²) in [6, 6.07) is 5.57. The Morgan fingerprint density at radius 2 is 2.12 bits per heavy atom. The molecule has 1 aromatic heterocycles. The molecular formula is C19H26N2O2S2. The maximum atomic E-state index is 12.7. The van der Waals surface area contributed by atoms with Crippen LogP contribution in [0.3, 0.4) is 0 Å². The van der Waals surface area contributed by atoms with Crippen LogP contribution < -0.4 is 5.56 Å². The molecule has 0 aliphatic carbocycles. The highest BCUT2D eigenvalue weighted by Gasteiger charge is 2.35. The molecule has 3 atom stereocenters. The Morgan fingerprint density at radius 3 is 2.96 bits per heavy atom.